The molecule has 1 aliphatic carbocycles. The predicted molar refractivity (Wildman–Crippen MR) is 129 cm³/mol. The normalized spacial score (nSPS) is 18.9. The van der Waals surface area contributed by atoms with E-state index < -0.39 is 10.0 Å². The number of fused-ring (bicyclic) bond motifs is 1. The third-order valence-corrected chi connectivity index (χ3v) is 7.83. The smallest absolute Gasteiger partial charge is 0.240 e. The first kappa shape index (κ1) is 22.5. The van der Waals surface area contributed by atoms with Crippen LogP contribution < -0.4 is 10.5 Å². The zero-order chi connectivity index (χ0) is 23.9. The standard InChI is InChI=1S/C24H26N6O3S/c1-15-2-7-19(34(32,33)29-17-3-5-18(31)6-4-17)12-20(15)22-13-27-24-23(25)28-21(14-30(22)24)16-8-10-26-11-9-16/h2,7-14,17-18,29,31H,3-6H2,1H3,(H2,25,28). The molecule has 1 saturated carbocycles. The van der Waals surface area contributed by atoms with E-state index in [0.29, 0.717) is 37.0 Å². The average molecular weight is 479 g/mol. The highest BCUT2D eigenvalue weighted by molar-refractivity contribution is 7.89. The monoisotopic (exact) mass is 478 g/mol. The van der Waals surface area contributed by atoms with Crippen molar-refractivity contribution < 1.29 is 13.5 Å². The Labute approximate surface area is 197 Å². The fourth-order valence-electron chi connectivity index (χ4n) is 4.40. The molecule has 10 heteroatoms. The summed E-state index contributed by atoms with van der Waals surface area (Å²) in [6.45, 7) is 1.93. The Balaban J connectivity index is 1.55. The molecule has 34 heavy (non-hydrogen) atoms. The topological polar surface area (TPSA) is 136 Å². The van der Waals surface area contributed by atoms with Crippen LogP contribution in [0.3, 0.4) is 0 Å². The first-order chi connectivity index (χ1) is 16.3. The van der Waals surface area contributed by atoms with Crippen molar-refractivity contribution in [1.82, 2.24) is 24.1 Å². The van der Waals surface area contributed by atoms with Crippen molar-refractivity contribution in [2.45, 2.75) is 49.6 Å². The third-order valence-electron chi connectivity index (χ3n) is 6.31. The van der Waals surface area contributed by atoms with Crippen molar-refractivity contribution in [3.05, 3.63) is 60.7 Å². The second kappa shape index (κ2) is 8.79. The molecule has 176 valence electrons. The molecule has 0 saturated heterocycles. The van der Waals surface area contributed by atoms with Gasteiger partial charge in [0.1, 0.15) is 0 Å². The van der Waals surface area contributed by atoms with Gasteiger partial charge < -0.3 is 10.8 Å². The van der Waals surface area contributed by atoms with Crippen LogP contribution in [0.25, 0.3) is 28.2 Å². The number of hydrogen-bond acceptors (Lipinski definition) is 7. The van der Waals surface area contributed by atoms with Gasteiger partial charge in [-0.2, -0.15) is 0 Å². The van der Waals surface area contributed by atoms with E-state index >= 15 is 0 Å². The number of anilines is 1. The molecule has 4 N–H and O–H groups in total. The number of imidazole rings is 1. The first-order valence-corrected chi connectivity index (χ1v) is 12.7. The number of aliphatic hydroxyl groups is 1. The van der Waals surface area contributed by atoms with E-state index in [-0.39, 0.29) is 22.9 Å². The van der Waals surface area contributed by atoms with Crippen LogP contribution in [0.4, 0.5) is 5.82 Å². The molecule has 3 heterocycles. The molecule has 0 amide bonds. The molecule has 0 unspecified atom stereocenters. The molecule has 1 aliphatic rings. The van der Waals surface area contributed by atoms with E-state index in [1.165, 1.54) is 0 Å². The third kappa shape index (κ3) is 4.27. The summed E-state index contributed by atoms with van der Waals surface area (Å²) in [4.78, 5) is 13.1. The number of hydrogen-bond donors (Lipinski definition) is 3. The summed E-state index contributed by atoms with van der Waals surface area (Å²) in [6, 6.07) is 8.59. The van der Waals surface area contributed by atoms with Gasteiger partial charge >= 0.3 is 0 Å². The molecule has 9 nitrogen and oxygen atoms in total. The zero-order valence-electron chi connectivity index (χ0n) is 18.7. The Morgan fingerprint density at radius 2 is 1.85 bits per heavy atom. The molecule has 1 aromatic carbocycles. The summed E-state index contributed by atoms with van der Waals surface area (Å²) >= 11 is 0. The lowest BCUT2D eigenvalue weighted by Gasteiger charge is -2.26. The van der Waals surface area contributed by atoms with Crippen molar-refractivity contribution >= 4 is 21.5 Å². The number of nitrogen functional groups attached to an aromatic ring is 1. The molecule has 4 aromatic rings. The minimum Gasteiger partial charge on any atom is -0.393 e. The second-order valence-electron chi connectivity index (χ2n) is 8.69. The van der Waals surface area contributed by atoms with Crippen molar-refractivity contribution in [2.24, 2.45) is 0 Å². The number of pyridine rings is 1. The Morgan fingerprint density at radius 3 is 2.59 bits per heavy atom. The Morgan fingerprint density at radius 1 is 1.12 bits per heavy atom. The minimum absolute atomic E-state index is 0.178. The number of nitrogens with two attached hydrogens (primary N) is 1. The molecular formula is C24H26N6O3S. The van der Waals surface area contributed by atoms with Gasteiger partial charge in [0, 0.05) is 35.8 Å². The summed E-state index contributed by atoms with van der Waals surface area (Å²) in [5.41, 5.74) is 10.6. The highest BCUT2D eigenvalue weighted by Gasteiger charge is 2.25. The lowest BCUT2D eigenvalue weighted by atomic mass is 9.94. The van der Waals surface area contributed by atoms with Gasteiger partial charge in [0.15, 0.2) is 11.5 Å². The molecule has 5 rings (SSSR count). The van der Waals surface area contributed by atoms with E-state index in [9.17, 15) is 13.5 Å². The number of aliphatic hydroxyl groups excluding tert-OH is 1. The number of rotatable bonds is 5. The number of aromatic nitrogens is 4. The fraction of sp³-hybridized carbons (Fsp3) is 0.292. The summed E-state index contributed by atoms with van der Waals surface area (Å²) < 4.78 is 30.9. The highest BCUT2D eigenvalue weighted by Crippen LogP contribution is 2.30. The maximum atomic E-state index is 13.1. The van der Waals surface area contributed by atoms with E-state index in [1.54, 1.807) is 36.8 Å². The average Bonchev–Trinajstić information content (AvgIpc) is 3.25. The van der Waals surface area contributed by atoms with Crippen LogP contribution in [-0.4, -0.2) is 45.0 Å². The fourth-order valence-corrected chi connectivity index (χ4v) is 5.73. The summed E-state index contributed by atoms with van der Waals surface area (Å²) in [7, 11) is -3.73. The number of nitrogens with one attached hydrogen (secondary N) is 1. The van der Waals surface area contributed by atoms with Crippen molar-refractivity contribution in [2.75, 3.05) is 5.73 Å². The number of aryl methyl sites for hydroxylation is 1. The Hall–Kier alpha value is -3.34. The second-order valence-corrected chi connectivity index (χ2v) is 10.4. The van der Waals surface area contributed by atoms with Gasteiger partial charge in [-0.15, -0.1) is 0 Å². The zero-order valence-corrected chi connectivity index (χ0v) is 19.5. The number of nitrogens with zero attached hydrogens (tertiary/aromatic N) is 4. The van der Waals surface area contributed by atoms with Crippen molar-refractivity contribution in [3.63, 3.8) is 0 Å². The van der Waals surface area contributed by atoms with E-state index in [0.717, 1.165) is 22.4 Å². The summed E-state index contributed by atoms with van der Waals surface area (Å²) in [6.07, 6.45) is 8.99. The van der Waals surface area contributed by atoms with Crippen LogP contribution in [0, 0.1) is 6.92 Å². The summed E-state index contributed by atoms with van der Waals surface area (Å²) in [5, 5.41) is 9.71. The molecule has 0 atom stereocenters. The van der Waals surface area contributed by atoms with Gasteiger partial charge in [-0.3, -0.25) is 9.38 Å². The maximum absolute atomic E-state index is 13.1. The molecule has 0 spiro atoms. The SMILES string of the molecule is Cc1ccc(S(=O)(=O)NC2CCC(O)CC2)cc1-c1cnc2c(N)nc(-c3ccncc3)cn12. The van der Waals surface area contributed by atoms with Crippen LogP contribution >= 0.6 is 0 Å². The highest BCUT2D eigenvalue weighted by atomic mass is 32.2. The molecule has 1 fully saturated rings. The van der Waals surface area contributed by atoms with Crippen LogP contribution in [0.15, 0.2) is 60.0 Å². The lowest BCUT2D eigenvalue weighted by Crippen LogP contribution is -2.38. The Bertz CT molecular complexity index is 1440. The predicted octanol–water partition coefficient (Wildman–Crippen LogP) is 2.93. The van der Waals surface area contributed by atoms with Crippen LogP contribution in [-0.2, 0) is 10.0 Å². The van der Waals surface area contributed by atoms with Gasteiger partial charge in [0.05, 0.1) is 28.6 Å². The van der Waals surface area contributed by atoms with E-state index in [2.05, 4.69) is 19.7 Å². The van der Waals surface area contributed by atoms with Gasteiger partial charge in [0.25, 0.3) is 0 Å². The largest absolute Gasteiger partial charge is 0.393 e. The van der Waals surface area contributed by atoms with Gasteiger partial charge in [0.2, 0.25) is 10.0 Å². The van der Waals surface area contributed by atoms with Gasteiger partial charge in [-0.05, 0) is 62.4 Å². The summed E-state index contributed by atoms with van der Waals surface area (Å²) in [5.74, 6) is 0.281. The van der Waals surface area contributed by atoms with Crippen molar-refractivity contribution in [1.29, 1.82) is 0 Å². The van der Waals surface area contributed by atoms with E-state index in [1.807, 2.05) is 29.7 Å². The molecule has 0 radical (unpaired) electrons. The quantitative estimate of drug-likeness (QED) is 0.401. The lowest BCUT2D eigenvalue weighted by molar-refractivity contribution is 0.120. The van der Waals surface area contributed by atoms with Crippen LogP contribution in [0.1, 0.15) is 31.2 Å². The van der Waals surface area contributed by atoms with Crippen LogP contribution in [0.5, 0.6) is 0 Å². The van der Waals surface area contributed by atoms with Gasteiger partial charge in [-0.25, -0.2) is 23.1 Å². The maximum Gasteiger partial charge on any atom is 0.240 e. The molecule has 0 aliphatic heterocycles. The van der Waals surface area contributed by atoms with Crippen LogP contribution in [0.2, 0.25) is 0 Å². The first-order valence-electron chi connectivity index (χ1n) is 11.2. The molecule has 3 aromatic heterocycles. The van der Waals surface area contributed by atoms with Gasteiger partial charge in [-0.1, -0.05) is 6.07 Å². The van der Waals surface area contributed by atoms with E-state index in [4.69, 9.17) is 5.73 Å². The number of benzene rings is 1. The molecule has 0 bridgehead atoms. The number of sulfonamides is 1. The molecular weight excluding hydrogens is 452 g/mol. The van der Waals surface area contributed by atoms with Crippen molar-refractivity contribution in [3.8, 4) is 22.5 Å². The Kier molecular flexibility index (Phi) is 5.80. The minimum atomic E-state index is -3.73.